The highest BCUT2D eigenvalue weighted by Gasteiger charge is 2.41. The monoisotopic (exact) mass is 270 g/mol. The number of carboxylic acids is 1. The molecular weight excluding hydrogens is 244 g/mol. The molecule has 2 amide bonds. The Morgan fingerprint density at radius 1 is 1.26 bits per heavy atom. The highest BCUT2D eigenvalue weighted by atomic mass is 16.4. The molecule has 0 spiro atoms. The number of aliphatic carboxylic acids is 1. The quantitative estimate of drug-likeness (QED) is 0.633. The Morgan fingerprint density at radius 2 is 1.89 bits per heavy atom. The molecule has 1 aliphatic rings. The molecule has 0 aromatic rings. The van der Waals surface area contributed by atoms with E-state index in [0.717, 1.165) is 12.8 Å². The summed E-state index contributed by atoms with van der Waals surface area (Å²) in [6.45, 7) is 6.47. The van der Waals surface area contributed by atoms with Crippen LogP contribution >= 0.6 is 0 Å². The first-order valence-electron chi connectivity index (χ1n) is 7.12. The highest BCUT2D eigenvalue weighted by Crippen LogP contribution is 2.48. The van der Waals surface area contributed by atoms with Gasteiger partial charge in [0.05, 0.1) is 5.41 Å². The molecule has 1 aliphatic carbocycles. The lowest BCUT2D eigenvalue weighted by Gasteiger charge is -2.23. The highest BCUT2D eigenvalue weighted by molar-refractivity contribution is 5.77. The number of amides is 2. The molecular formula is C14H26N2O3. The van der Waals surface area contributed by atoms with Crippen LogP contribution in [0, 0.1) is 10.8 Å². The first-order chi connectivity index (χ1) is 8.87. The molecule has 1 rings (SSSR count). The molecule has 1 saturated carbocycles. The molecule has 3 N–H and O–H groups in total. The number of rotatable bonds is 8. The van der Waals surface area contributed by atoms with Crippen LogP contribution in [0.15, 0.2) is 0 Å². The number of urea groups is 1. The molecule has 1 atom stereocenters. The Bertz CT molecular complexity index is 340. The van der Waals surface area contributed by atoms with E-state index in [-0.39, 0.29) is 12.6 Å². The van der Waals surface area contributed by atoms with Crippen LogP contribution in [0.25, 0.3) is 0 Å². The van der Waals surface area contributed by atoms with Gasteiger partial charge in [-0.15, -0.1) is 0 Å². The van der Waals surface area contributed by atoms with Gasteiger partial charge in [-0.05, 0) is 38.0 Å². The molecule has 5 heteroatoms. The summed E-state index contributed by atoms with van der Waals surface area (Å²) in [4.78, 5) is 22.8. The number of carbonyl (C=O) groups is 2. The zero-order chi connectivity index (χ0) is 14.5. The normalized spacial score (nSPS) is 19.3. The van der Waals surface area contributed by atoms with E-state index in [1.807, 2.05) is 6.92 Å². The van der Waals surface area contributed by atoms with Crippen molar-refractivity contribution in [3.63, 3.8) is 0 Å². The van der Waals surface area contributed by atoms with Crippen LogP contribution in [0.4, 0.5) is 4.79 Å². The third kappa shape index (κ3) is 4.40. The van der Waals surface area contributed by atoms with Crippen LogP contribution in [0.5, 0.6) is 0 Å². The van der Waals surface area contributed by atoms with Crippen molar-refractivity contribution in [3.8, 4) is 0 Å². The van der Waals surface area contributed by atoms with Gasteiger partial charge in [-0.3, -0.25) is 4.79 Å². The van der Waals surface area contributed by atoms with Crippen molar-refractivity contribution >= 4 is 12.0 Å². The van der Waals surface area contributed by atoms with Crippen LogP contribution in [-0.4, -0.2) is 30.2 Å². The van der Waals surface area contributed by atoms with Crippen LogP contribution in [0.2, 0.25) is 0 Å². The summed E-state index contributed by atoms with van der Waals surface area (Å²) >= 11 is 0. The van der Waals surface area contributed by atoms with Crippen LogP contribution in [-0.2, 0) is 4.79 Å². The first-order valence-corrected chi connectivity index (χ1v) is 7.12. The Morgan fingerprint density at radius 3 is 2.32 bits per heavy atom. The van der Waals surface area contributed by atoms with E-state index in [4.69, 9.17) is 5.11 Å². The predicted octanol–water partition coefficient (Wildman–Crippen LogP) is 2.37. The van der Waals surface area contributed by atoms with Crippen molar-refractivity contribution in [2.24, 2.45) is 10.8 Å². The SMILES string of the molecule is CCCC1(CNC(=O)NCC(C)(CC)C(=O)O)CC1. The number of hydrogen-bond acceptors (Lipinski definition) is 2. The molecule has 0 aromatic heterocycles. The van der Waals surface area contributed by atoms with Crippen molar-refractivity contribution in [3.05, 3.63) is 0 Å². The number of nitrogens with one attached hydrogen (secondary N) is 2. The van der Waals surface area contributed by atoms with Crippen molar-refractivity contribution in [2.45, 2.75) is 52.9 Å². The van der Waals surface area contributed by atoms with E-state index in [1.165, 1.54) is 12.8 Å². The lowest BCUT2D eigenvalue weighted by molar-refractivity contribution is -0.147. The van der Waals surface area contributed by atoms with Crippen molar-refractivity contribution in [2.75, 3.05) is 13.1 Å². The van der Waals surface area contributed by atoms with Crippen molar-refractivity contribution in [1.82, 2.24) is 10.6 Å². The number of carboxylic acid groups (broad SMARTS) is 1. The molecule has 1 unspecified atom stereocenters. The second kappa shape index (κ2) is 6.26. The molecule has 0 aliphatic heterocycles. The second-order valence-electron chi connectivity index (χ2n) is 6.01. The molecule has 0 saturated heterocycles. The zero-order valence-electron chi connectivity index (χ0n) is 12.2. The molecule has 0 radical (unpaired) electrons. The van der Waals surface area contributed by atoms with Crippen LogP contribution in [0.3, 0.4) is 0 Å². The van der Waals surface area contributed by atoms with Gasteiger partial charge in [0, 0.05) is 13.1 Å². The Kier molecular flexibility index (Phi) is 5.20. The topological polar surface area (TPSA) is 78.4 Å². The minimum Gasteiger partial charge on any atom is -0.481 e. The minimum absolute atomic E-state index is 0.158. The Balaban J connectivity index is 2.30. The van der Waals surface area contributed by atoms with Gasteiger partial charge < -0.3 is 15.7 Å². The van der Waals surface area contributed by atoms with Gasteiger partial charge in [-0.25, -0.2) is 4.79 Å². The molecule has 0 bridgehead atoms. The van der Waals surface area contributed by atoms with E-state index in [9.17, 15) is 9.59 Å². The van der Waals surface area contributed by atoms with Gasteiger partial charge in [0.1, 0.15) is 0 Å². The van der Waals surface area contributed by atoms with Crippen LogP contribution < -0.4 is 10.6 Å². The van der Waals surface area contributed by atoms with Crippen molar-refractivity contribution in [1.29, 1.82) is 0 Å². The average molecular weight is 270 g/mol. The predicted molar refractivity (Wildman–Crippen MR) is 74.0 cm³/mol. The fraction of sp³-hybridized carbons (Fsp3) is 0.857. The molecule has 5 nitrogen and oxygen atoms in total. The minimum atomic E-state index is -0.891. The maximum Gasteiger partial charge on any atom is 0.314 e. The summed E-state index contributed by atoms with van der Waals surface area (Å²) in [5.41, 5.74) is -0.578. The van der Waals surface area contributed by atoms with E-state index in [1.54, 1.807) is 6.92 Å². The van der Waals surface area contributed by atoms with Gasteiger partial charge in [0.15, 0.2) is 0 Å². The maximum atomic E-state index is 11.7. The average Bonchev–Trinajstić information content (AvgIpc) is 3.14. The smallest absolute Gasteiger partial charge is 0.314 e. The Hall–Kier alpha value is -1.26. The molecule has 0 heterocycles. The lowest BCUT2D eigenvalue weighted by Crippen LogP contribution is -2.45. The van der Waals surface area contributed by atoms with Gasteiger partial charge in [0.25, 0.3) is 0 Å². The summed E-state index contributed by atoms with van der Waals surface area (Å²) in [7, 11) is 0. The summed E-state index contributed by atoms with van der Waals surface area (Å²) < 4.78 is 0. The number of carbonyl (C=O) groups excluding carboxylic acids is 1. The second-order valence-corrected chi connectivity index (χ2v) is 6.01. The molecule has 110 valence electrons. The number of hydrogen-bond donors (Lipinski definition) is 3. The summed E-state index contributed by atoms with van der Waals surface area (Å²) in [6, 6.07) is -0.261. The van der Waals surface area contributed by atoms with E-state index >= 15 is 0 Å². The fourth-order valence-electron chi connectivity index (χ4n) is 2.18. The summed E-state index contributed by atoms with van der Waals surface area (Å²) in [6.07, 6.45) is 5.14. The van der Waals surface area contributed by atoms with Gasteiger partial charge in [-0.2, -0.15) is 0 Å². The van der Waals surface area contributed by atoms with Crippen LogP contribution in [0.1, 0.15) is 52.9 Å². The Labute approximate surface area is 115 Å². The third-order valence-electron chi connectivity index (χ3n) is 4.30. The maximum absolute atomic E-state index is 11.7. The lowest BCUT2D eigenvalue weighted by atomic mass is 9.88. The fourth-order valence-corrected chi connectivity index (χ4v) is 2.18. The van der Waals surface area contributed by atoms with E-state index < -0.39 is 11.4 Å². The standard InChI is InChI=1S/C14H26N2O3/c1-4-6-14(7-8-14)10-16-12(19)15-9-13(3,5-2)11(17)18/h4-10H2,1-3H3,(H,17,18)(H2,15,16,19). The van der Waals surface area contributed by atoms with Crippen molar-refractivity contribution < 1.29 is 14.7 Å². The van der Waals surface area contributed by atoms with Gasteiger partial charge in [0.2, 0.25) is 0 Å². The van der Waals surface area contributed by atoms with Gasteiger partial charge in [-0.1, -0.05) is 20.3 Å². The summed E-state index contributed by atoms with van der Waals surface area (Å²) in [5, 5.41) is 14.6. The molecule has 0 aromatic carbocycles. The zero-order valence-corrected chi connectivity index (χ0v) is 12.2. The first kappa shape index (κ1) is 15.8. The molecule has 1 fully saturated rings. The third-order valence-corrected chi connectivity index (χ3v) is 4.30. The molecule has 19 heavy (non-hydrogen) atoms. The van der Waals surface area contributed by atoms with E-state index in [0.29, 0.717) is 18.4 Å². The largest absolute Gasteiger partial charge is 0.481 e. The summed E-state index contributed by atoms with van der Waals surface area (Å²) in [5.74, 6) is -0.875. The van der Waals surface area contributed by atoms with Gasteiger partial charge >= 0.3 is 12.0 Å². The van der Waals surface area contributed by atoms with E-state index in [2.05, 4.69) is 17.6 Å².